The van der Waals surface area contributed by atoms with E-state index in [-0.39, 0.29) is 18.2 Å². The minimum Gasteiger partial charge on any atom is -0.485 e. The van der Waals surface area contributed by atoms with E-state index in [1.807, 2.05) is 0 Å². The summed E-state index contributed by atoms with van der Waals surface area (Å²) in [5.41, 5.74) is 5.97. The molecule has 1 heterocycles. The topological polar surface area (TPSA) is 48.1 Å². The molecule has 0 radical (unpaired) electrons. The zero-order chi connectivity index (χ0) is 12.3. The molecule has 0 aliphatic rings. The minimum atomic E-state index is -0.364. The van der Waals surface area contributed by atoms with E-state index < -0.39 is 0 Å². The highest BCUT2D eigenvalue weighted by molar-refractivity contribution is 6.30. The summed E-state index contributed by atoms with van der Waals surface area (Å²) in [7, 11) is 0. The van der Waals surface area contributed by atoms with Crippen LogP contribution in [0.2, 0.25) is 5.02 Å². The van der Waals surface area contributed by atoms with Crippen molar-refractivity contribution in [3.05, 3.63) is 52.9 Å². The van der Waals surface area contributed by atoms with Gasteiger partial charge in [0.15, 0.2) is 11.6 Å². The van der Waals surface area contributed by atoms with Gasteiger partial charge in [-0.25, -0.2) is 9.37 Å². The molecule has 0 unspecified atom stereocenters. The van der Waals surface area contributed by atoms with Crippen LogP contribution < -0.4 is 10.5 Å². The average molecular weight is 253 g/mol. The summed E-state index contributed by atoms with van der Waals surface area (Å²) in [5, 5.41) is 0.462. The normalized spacial score (nSPS) is 10.2. The smallest absolute Gasteiger partial charge is 0.166 e. The van der Waals surface area contributed by atoms with E-state index >= 15 is 0 Å². The van der Waals surface area contributed by atoms with E-state index in [2.05, 4.69) is 4.98 Å². The van der Waals surface area contributed by atoms with Gasteiger partial charge in [-0.2, -0.15) is 0 Å². The van der Waals surface area contributed by atoms with Crippen LogP contribution in [0.25, 0.3) is 0 Å². The predicted octanol–water partition coefficient (Wildman–Crippen LogP) is 3.04. The molecule has 2 aromatic rings. The predicted molar refractivity (Wildman–Crippen MR) is 64.4 cm³/mol. The highest BCUT2D eigenvalue weighted by atomic mass is 35.5. The van der Waals surface area contributed by atoms with Gasteiger partial charge in [-0.3, -0.25) is 0 Å². The third kappa shape index (κ3) is 2.85. The molecule has 88 valence electrons. The standard InChI is InChI=1S/C12H10ClFN2O/c13-9-3-4-10(14)8(6-9)7-17-11-2-1-5-16-12(11)15/h1-6H,7H2,(H2,15,16). The highest BCUT2D eigenvalue weighted by Gasteiger charge is 2.05. The van der Waals surface area contributed by atoms with Crippen molar-refractivity contribution in [1.82, 2.24) is 4.98 Å². The Hall–Kier alpha value is -1.81. The minimum absolute atomic E-state index is 0.0578. The van der Waals surface area contributed by atoms with E-state index in [9.17, 15) is 4.39 Å². The quantitative estimate of drug-likeness (QED) is 0.913. The Morgan fingerprint density at radius 3 is 2.94 bits per heavy atom. The maximum atomic E-state index is 13.4. The first-order valence-corrected chi connectivity index (χ1v) is 5.32. The van der Waals surface area contributed by atoms with Gasteiger partial charge in [-0.1, -0.05) is 11.6 Å². The Balaban J connectivity index is 2.12. The largest absolute Gasteiger partial charge is 0.485 e. The van der Waals surface area contributed by atoms with Crippen molar-refractivity contribution in [1.29, 1.82) is 0 Å². The third-order valence-electron chi connectivity index (χ3n) is 2.19. The van der Waals surface area contributed by atoms with E-state index in [4.69, 9.17) is 22.1 Å². The zero-order valence-corrected chi connectivity index (χ0v) is 9.62. The molecule has 0 aliphatic heterocycles. The molecule has 0 amide bonds. The van der Waals surface area contributed by atoms with Gasteiger partial charge in [0, 0.05) is 16.8 Å². The van der Waals surface area contributed by atoms with Crippen molar-refractivity contribution < 1.29 is 9.13 Å². The Morgan fingerprint density at radius 2 is 2.18 bits per heavy atom. The molecule has 3 nitrogen and oxygen atoms in total. The molecule has 2 N–H and O–H groups in total. The van der Waals surface area contributed by atoms with Crippen LogP contribution in [-0.4, -0.2) is 4.98 Å². The van der Waals surface area contributed by atoms with Gasteiger partial charge < -0.3 is 10.5 Å². The third-order valence-corrected chi connectivity index (χ3v) is 2.43. The number of hydrogen-bond donors (Lipinski definition) is 1. The molecule has 0 saturated carbocycles. The van der Waals surface area contributed by atoms with Gasteiger partial charge in [-0.05, 0) is 30.3 Å². The van der Waals surface area contributed by atoms with Crippen molar-refractivity contribution in [3.8, 4) is 5.75 Å². The second-order valence-electron chi connectivity index (χ2n) is 3.41. The number of pyridine rings is 1. The first-order valence-electron chi connectivity index (χ1n) is 4.94. The lowest BCUT2D eigenvalue weighted by molar-refractivity contribution is 0.300. The lowest BCUT2D eigenvalue weighted by Crippen LogP contribution is -2.01. The van der Waals surface area contributed by atoms with Crippen molar-refractivity contribution in [3.63, 3.8) is 0 Å². The summed E-state index contributed by atoms with van der Waals surface area (Å²) in [5.74, 6) is 0.332. The molecule has 2 rings (SSSR count). The van der Waals surface area contributed by atoms with Gasteiger partial charge in [-0.15, -0.1) is 0 Å². The first kappa shape index (κ1) is 11.7. The Labute approximate surface area is 103 Å². The Kier molecular flexibility index (Phi) is 3.44. The summed E-state index contributed by atoms with van der Waals surface area (Å²) in [6.07, 6.45) is 1.56. The first-order chi connectivity index (χ1) is 8.16. The fraction of sp³-hybridized carbons (Fsp3) is 0.0833. The molecule has 5 heteroatoms. The van der Waals surface area contributed by atoms with E-state index in [0.717, 1.165) is 0 Å². The summed E-state index contributed by atoms with van der Waals surface area (Å²) in [4.78, 5) is 3.86. The van der Waals surface area contributed by atoms with Crippen molar-refractivity contribution >= 4 is 17.4 Å². The summed E-state index contributed by atoms with van der Waals surface area (Å²) < 4.78 is 18.8. The molecule has 17 heavy (non-hydrogen) atoms. The maximum absolute atomic E-state index is 13.4. The monoisotopic (exact) mass is 252 g/mol. The fourth-order valence-electron chi connectivity index (χ4n) is 1.33. The summed E-state index contributed by atoms with van der Waals surface area (Å²) in [6.45, 7) is 0.0578. The molecular formula is C12H10ClFN2O. The number of hydrogen-bond acceptors (Lipinski definition) is 3. The van der Waals surface area contributed by atoms with Crippen LogP contribution in [0.5, 0.6) is 5.75 Å². The number of nitrogen functional groups attached to an aromatic ring is 1. The zero-order valence-electron chi connectivity index (χ0n) is 8.86. The number of rotatable bonds is 3. The number of aromatic nitrogens is 1. The van der Waals surface area contributed by atoms with Crippen LogP contribution in [-0.2, 0) is 6.61 Å². The van der Waals surface area contributed by atoms with Crippen molar-refractivity contribution in [2.75, 3.05) is 5.73 Å². The van der Waals surface area contributed by atoms with Crippen LogP contribution in [0, 0.1) is 5.82 Å². The Bertz CT molecular complexity index is 534. The number of anilines is 1. The number of ether oxygens (including phenoxy) is 1. The Morgan fingerprint density at radius 1 is 1.35 bits per heavy atom. The van der Waals surface area contributed by atoms with Gasteiger partial charge >= 0.3 is 0 Å². The second-order valence-corrected chi connectivity index (χ2v) is 3.85. The lowest BCUT2D eigenvalue weighted by Gasteiger charge is -2.08. The van der Waals surface area contributed by atoms with Crippen LogP contribution in [0.3, 0.4) is 0 Å². The molecule has 0 bridgehead atoms. The SMILES string of the molecule is Nc1ncccc1OCc1cc(Cl)ccc1F. The van der Waals surface area contributed by atoms with Gasteiger partial charge in [0.25, 0.3) is 0 Å². The number of halogens is 2. The van der Waals surface area contributed by atoms with Gasteiger partial charge in [0.2, 0.25) is 0 Å². The van der Waals surface area contributed by atoms with E-state index in [1.165, 1.54) is 18.2 Å². The maximum Gasteiger partial charge on any atom is 0.166 e. The number of benzene rings is 1. The molecule has 1 aromatic carbocycles. The van der Waals surface area contributed by atoms with Crippen molar-refractivity contribution in [2.45, 2.75) is 6.61 Å². The van der Waals surface area contributed by atoms with Crippen LogP contribution in [0.15, 0.2) is 36.5 Å². The highest BCUT2D eigenvalue weighted by Crippen LogP contribution is 2.21. The van der Waals surface area contributed by atoms with Crippen LogP contribution >= 0.6 is 11.6 Å². The molecule has 0 aliphatic carbocycles. The fourth-order valence-corrected chi connectivity index (χ4v) is 1.53. The summed E-state index contributed by atoms with van der Waals surface area (Å²) in [6, 6.07) is 7.67. The van der Waals surface area contributed by atoms with Gasteiger partial charge in [0.1, 0.15) is 12.4 Å². The lowest BCUT2D eigenvalue weighted by atomic mass is 10.2. The van der Waals surface area contributed by atoms with Gasteiger partial charge in [0.05, 0.1) is 0 Å². The second kappa shape index (κ2) is 5.01. The number of nitrogens with two attached hydrogens (primary N) is 1. The molecule has 0 atom stereocenters. The van der Waals surface area contributed by atoms with Crippen LogP contribution in [0.1, 0.15) is 5.56 Å². The van der Waals surface area contributed by atoms with E-state index in [1.54, 1.807) is 18.3 Å². The molecule has 0 fully saturated rings. The number of nitrogens with zero attached hydrogens (tertiary/aromatic N) is 1. The average Bonchev–Trinajstić information content (AvgIpc) is 2.32. The molecule has 0 spiro atoms. The summed E-state index contributed by atoms with van der Waals surface area (Å²) >= 11 is 5.77. The van der Waals surface area contributed by atoms with Crippen molar-refractivity contribution in [2.24, 2.45) is 0 Å². The van der Waals surface area contributed by atoms with E-state index in [0.29, 0.717) is 16.3 Å². The molecule has 0 saturated heterocycles. The molecular weight excluding hydrogens is 243 g/mol. The van der Waals surface area contributed by atoms with Crippen LogP contribution in [0.4, 0.5) is 10.2 Å². The molecule has 1 aromatic heterocycles.